The van der Waals surface area contributed by atoms with Crippen molar-refractivity contribution in [1.29, 1.82) is 0 Å². The minimum atomic E-state index is -4.40. The highest BCUT2D eigenvalue weighted by molar-refractivity contribution is 9.10. The van der Waals surface area contributed by atoms with Gasteiger partial charge in [-0.2, -0.15) is 13.2 Å². The van der Waals surface area contributed by atoms with Gasteiger partial charge in [0.05, 0.1) is 10.6 Å². The Hall–Kier alpha value is -1.83. The molecular formula is C17H9BrCl2F3N3. The third-order valence-corrected chi connectivity index (χ3v) is 4.78. The maximum atomic E-state index is 12.7. The molecule has 3 rings (SSSR count). The highest BCUT2D eigenvalue weighted by Gasteiger charge is 2.30. The van der Waals surface area contributed by atoms with Gasteiger partial charge < -0.3 is 5.32 Å². The summed E-state index contributed by atoms with van der Waals surface area (Å²) in [5.74, 6) is 0.593. The van der Waals surface area contributed by atoms with Crippen LogP contribution in [0, 0.1) is 0 Å². The van der Waals surface area contributed by atoms with Crippen LogP contribution in [0.4, 0.5) is 24.7 Å². The van der Waals surface area contributed by atoms with Gasteiger partial charge in [-0.3, -0.25) is 0 Å². The van der Waals surface area contributed by atoms with Crippen molar-refractivity contribution in [3.8, 4) is 11.4 Å². The lowest BCUT2D eigenvalue weighted by Gasteiger charge is -2.10. The monoisotopic (exact) mass is 461 g/mol. The summed E-state index contributed by atoms with van der Waals surface area (Å²) in [6, 6.07) is 11.3. The molecule has 3 nitrogen and oxygen atoms in total. The van der Waals surface area contributed by atoms with Crippen LogP contribution in [0.5, 0.6) is 0 Å². The van der Waals surface area contributed by atoms with Crippen molar-refractivity contribution in [2.45, 2.75) is 6.18 Å². The predicted octanol–water partition coefficient (Wildman–Crippen LogP) is 6.98. The topological polar surface area (TPSA) is 37.8 Å². The van der Waals surface area contributed by atoms with Gasteiger partial charge in [-0.25, -0.2) is 9.97 Å². The molecule has 0 fully saturated rings. The number of alkyl halides is 3. The summed E-state index contributed by atoms with van der Waals surface area (Å²) in [5, 5.41) is 3.70. The van der Waals surface area contributed by atoms with E-state index in [1.807, 2.05) is 0 Å². The van der Waals surface area contributed by atoms with Gasteiger partial charge in [0, 0.05) is 21.8 Å². The number of benzene rings is 2. The summed E-state index contributed by atoms with van der Waals surface area (Å²) in [5.41, 5.74) is 0.342. The van der Waals surface area contributed by atoms with Crippen LogP contribution in [0.2, 0.25) is 10.2 Å². The molecule has 0 amide bonds. The molecule has 9 heteroatoms. The Balaban J connectivity index is 1.91. The first-order valence-electron chi connectivity index (χ1n) is 7.17. The van der Waals surface area contributed by atoms with Gasteiger partial charge >= 0.3 is 6.18 Å². The minimum absolute atomic E-state index is 0.153. The minimum Gasteiger partial charge on any atom is -0.340 e. The van der Waals surface area contributed by atoms with Crippen molar-refractivity contribution in [2.24, 2.45) is 0 Å². The van der Waals surface area contributed by atoms with Gasteiger partial charge in [0.1, 0.15) is 11.0 Å². The van der Waals surface area contributed by atoms with Crippen LogP contribution in [0.1, 0.15) is 5.56 Å². The van der Waals surface area contributed by atoms with Gasteiger partial charge in [0.15, 0.2) is 5.82 Å². The molecule has 0 unspecified atom stereocenters. The molecule has 0 aliphatic rings. The second-order valence-corrected chi connectivity index (χ2v) is 6.88. The molecule has 26 heavy (non-hydrogen) atoms. The number of aromatic nitrogens is 2. The van der Waals surface area contributed by atoms with E-state index >= 15 is 0 Å². The summed E-state index contributed by atoms with van der Waals surface area (Å²) in [7, 11) is 0. The summed E-state index contributed by atoms with van der Waals surface area (Å²) in [6.45, 7) is 0. The lowest BCUT2D eigenvalue weighted by molar-refractivity contribution is -0.137. The number of hydrogen-bond acceptors (Lipinski definition) is 3. The summed E-state index contributed by atoms with van der Waals surface area (Å²) in [6.07, 6.45) is -4.40. The number of halogens is 6. The largest absolute Gasteiger partial charge is 0.416 e. The number of nitrogens with one attached hydrogen (secondary N) is 1. The Morgan fingerprint density at radius 2 is 1.62 bits per heavy atom. The fourth-order valence-corrected chi connectivity index (χ4v) is 2.75. The van der Waals surface area contributed by atoms with Crippen molar-refractivity contribution in [1.82, 2.24) is 9.97 Å². The molecule has 0 saturated heterocycles. The number of nitrogens with zero attached hydrogens (tertiary/aromatic N) is 2. The number of anilines is 2. The van der Waals surface area contributed by atoms with Gasteiger partial charge in [0.25, 0.3) is 0 Å². The lowest BCUT2D eigenvalue weighted by atomic mass is 10.1. The second-order valence-electron chi connectivity index (χ2n) is 5.23. The molecule has 1 aromatic heterocycles. The normalized spacial score (nSPS) is 11.5. The fourth-order valence-electron chi connectivity index (χ4n) is 2.14. The summed E-state index contributed by atoms with van der Waals surface area (Å²) >= 11 is 15.4. The Morgan fingerprint density at radius 1 is 0.923 bits per heavy atom. The average Bonchev–Trinajstić information content (AvgIpc) is 2.57. The molecular weight excluding hydrogens is 454 g/mol. The highest BCUT2D eigenvalue weighted by Crippen LogP contribution is 2.31. The molecule has 0 saturated carbocycles. The first-order chi connectivity index (χ1) is 12.2. The molecule has 3 aromatic rings. The first kappa shape index (κ1) is 18.9. The fraction of sp³-hybridized carbons (Fsp3) is 0.0588. The van der Waals surface area contributed by atoms with Gasteiger partial charge in [-0.15, -0.1) is 0 Å². The van der Waals surface area contributed by atoms with E-state index < -0.39 is 11.7 Å². The molecule has 0 aliphatic carbocycles. The zero-order valence-corrected chi connectivity index (χ0v) is 15.9. The molecule has 1 heterocycles. The molecule has 1 N–H and O–H groups in total. The molecule has 0 radical (unpaired) electrons. The van der Waals surface area contributed by atoms with Crippen LogP contribution in [-0.2, 0) is 6.18 Å². The SMILES string of the molecule is FC(F)(F)c1ccc(-c2nc(Cl)cc(Nc3ccc(Br)c(Cl)c3)n2)cc1. The third kappa shape index (κ3) is 4.47. The van der Waals surface area contributed by atoms with E-state index in [1.165, 1.54) is 18.2 Å². The Kier molecular flexibility index (Phi) is 5.41. The van der Waals surface area contributed by atoms with Crippen LogP contribution in [0.3, 0.4) is 0 Å². The molecule has 0 atom stereocenters. The van der Waals surface area contributed by atoms with Crippen molar-refractivity contribution >= 4 is 50.6 Å². The summed E-state index contributed by atoms with van der Waals surface area (Å²) in [4.78, 5) is 8.37. The van der Waals surface area contributed by atoms with E-state index in [1.54, 1.807) is 18.2 Å². The van der Waals surface area contributed by atoms with Crippen molar-refractivity contribution in [2.75, 3.05) is 5.32 Å². The van der Waals surface area contributed by atoms with E-state index in [4.69, 9.17) is 23.2 Å². The van der Waals surface area contributed by atoms with Gasteiger partial charge in [0.2, 0.25) is 0 Å². The second kappa shape index (κ2) is 7.42. The smallest absolute Gasteiger partial charge is 0.340 e. The predicted molar refractivity (Wildman–Crippen MR) is 99.9 cm³/mol. The Morgan fingerprint density at radius 3 is 2.23 bits per heavy atom. The van der Waals surface area contributed by atoms with Crippen LogP contribution >= 0.6 is 39.1 Å². The number of hydrogen-bond donors (Lipinski definition) is 1. The van der Waals surface area contributed by atoms with E-state index in [9.17, 15) is 13.2 Å². The Bertz CT molecular complexity index is 947. The maximum Gasteiger partial charge on any atom is 0.416 e. The van der Waals surface area contributed by atoms with Crippen molar-refractivity contribution in [3.05, 3.63) is 68.7 Å². The quantitative estimate of drug-likeness (QED) is 0.427. The molecule has 0 spiro atoms. The van der Waals surface area contributed by atoms with Gasteiger partial charge in [-0.1, -0.05) is 35.3 Å². The number of rotatable bonds is 3. The van der Waals surface area contributed by atoms with Crippen LogP contribution in [-0.4, -0.2) is 9.97 Å². The molecule has 0 aliphatic heterocycles. The van der Waals surface area contributed by atoms with Crippen LogP contribution in [0.15, 0.2) is 53.0 Å². The van der Waals surface area contributed by atoms with Crippen molar-refractivity contribution < 1.29 is 13.2 Å². The Labute approximate surface area is 165 Å². The lowest BCUT2D eigenvalue weighted by Crippen LogP contribution is -2.04. The molecule has 134 valence electrons. The molecule has 2 aromatic carbocycles. The zero-order chi connectivity index (χ0) is 18.9. The summed E-state index contributed by atoms with van der Waals surface area (Å²) < 4.78 is 38.8. The maximum absolute atomic E-state index is 12.7. The third-order valence-electron chi connectivity index (χ3n) is 3.36. The van der Waals surface area contributed by atoms with E-state index in [-0.39, 0.29) is 11.0 Å². The van der Waals surface area contributed by atoms with E-state index in [2.05, 4.69) is 31.2 Å². The zero-order valence-electron chi connectivity index (χ0n) is 12.8. The van der Waals surface area contributed by atoms with E-state index in [0.717, 1.165) is 16.6 Å². The van der Waals surface area contributed by atoms with Gasteiger partial charge in [-0.05, 0) is 46.3 Å². The average molecular weight is 463 g/mol. The van der Waals surface area contributed by atoms with E-state index in [0.29, 0.717) is 22.1 Å². The van der Waals surface area contributed by atoms with Crippen LogP contribution in [0.25, 0.3) is 11.4 Å². The standard InChI is InChI=1S/C17H9BrCl2F3N3/c18-12-6-5-11(7-13(12)19)24-15-8-14(20)25-16(26-15)9-1-3-10(4-2-9)17(21,22)23/h1-8H,(H,24,25,26). The van der Waals surface area contributed by atoms with Crippen LogP contribution < -0.4 is 5.32 Å². The molecule has 0 bridgehead atoms. The highest BCUT2D eigenvalue weighted by atomic mass is 79.9. The first-order valence-corrected chi connectivity index (χ1v) is 8.71. The van der Waals surface area contributed by atoms with Crippen molar-refractivity contribution in [3.63, 3.8) is 0 Å².